The molecule has 0 atom stereocenters. The summed E-state index contributed by atoms with van der Waals surface area (Å²) in [6.45, 7) is 0.507. The first-order chi connectivity index (χ1) is 7.65. The van der Waals surface area contributed by atoms with Crippen LogP contribution in [0.1, 0.15) is 16.8 Å². The molecule has 0 bridgehead atoms. The third-order valence-electron chi connectivity index (χ3n) is 1.93. The average Bonchev–Trinajstić information content (AvgIpc) is 2.24. The summed E-state index contributed by atoms with van der Waals surface area (Å²) in [5.74, 6) is -0.694. The van der Waals surface area contributed by atoms with E-state index in [1.807, 2.05) is 6.26 Å². The molecule has 0 heterocycles. The van der Waals surface area contributed by atoms with Gasteiger partial charge in [0.15, 0.2) is 0 Å². The Labute approximate surface area is 97.6 Å². The van der Waals surface area contributed by atoms with Gasteiger partial charge < -0.3 is 9.84 Å². The van der Waals surface area contributed by atoms with Crippen LogP contribution in [0, 0.1) is 5.82 Å². The number of thioether (sulfide) groups is 1. The molecule has 0 fully saturated rings. The summed E-state index contributed by atoms with van der Waals surface area (Å²) in [6.07, 6.45) is 2.88. The number of benzene rings is 1. The summed E-state index contributed by atoms with van der Waals surface area (Å²) in [4.78, 5) is 10.5. The van der Waals surface area contributed by atoms with E-state index in [0.717, 1.165) is 18.2 Å². The molecule has 0 aromatic heterocycles. The number of hydrogen-bond acceptors (Lipinski definition) is 3. The van der Waals surface area contributed by atoms with Gasteiger partial charge in [0.1, 0.15) is 11.6 Å². The largest absolute Gasteiger partial charge is 0.493 e. The van der Waals surface area contributed by atoms with E-state index in [2.05, 4.69) is 0 Å². The Morgan fingerprint density at radius 3 is 2.88 bits per heavy atom. The van der Waals surface area contributed by atoms with E-state index in [-0.39, 0.29) is 5.56 Å². The van der Waals surface area contributed by atoms with Gasteiger partial charge in [0, 0.05) is 6.07 Å². The van der Waals surface area contributed by atoms with E-state index in [1.54, 1.807) is 11.8 Å². The Morgan fingerprint density at radius 2 is 2.31 bits per heavy atom. The molecule has 1 aromatic carbocycles. The van der Waals surface area contributed by atoms with E-state index >= 15 is 0 Å². The molecule has 0 unspecified atom stereocenters. The van der Waals surface area contributed by atoms with Crippen molar-refractivity contribution < 1.29 is 19.0 Å². The lowest BCUT2D eigenvalue weighted by atomic mass is 10.2. The van der Waals surface area contributed by atoms with Crippen LogP contribution in [0.2, 0.25) is 0 Å². The van der Waals surface area contributed by atoms with Gasteiger partial charge >= 0.3 is 5.97 Å². The SMILES string of the molecule is CSCCCOc1ccc(C(=O)O)c(F)c1. The number of rotatable bonds is 6. The zero-order valence-electron chi connectivity index (χ0n) is 8.90. The maximum Gasteiger partial charge on any atom is 0.338 e. The highest BCUT2D eigenvalue weighted by molar-refractivity contribution is 7.98. The molecule has 1 aromatic rings. The normalized spacial score (nSPS) is 10.1. The quantitative estimate of drug-likeness (QED) is 0.781. The van der Waals surface area contributed by atoms with Crippen LogP contribution in [0.25, 0.3) is 0 Å². The highest BCUT2D eigenvalue weighted by Gasteiger charge is 2.10. The van der Waals surface area contributed by atoms with Crippen molar-refractivity contribution >= 4 is 17.7 Å². The van der Waals surface area contributed by atoms with Crippen molar-refractivity contribution in [3.8, 4) is 5.75 Å². The van der Waals surface area contributed by atoms with Crippen molar-refractivity contribution in [1.82, 2.24) is 0 Å². The zero-order valence-corrected chi connectivity index (χ0v) is 9.72. The molecule has 88 valence electrons. The van der Waals surface area contributed by atoms with Crippen LogP contribution >= 0.6 is 11.8 Å². The summed E-state index contributed by atoms with van der Waals surface area (Å²) >= 11 is 1.71. The lowest BCUT2D eigenvalue weighted by Crippen LogP contribution is -2.03. The fourth-order valence-corrected chi connectivity index (χ4v) is 1.56. The first kappa shape index (κ1) is 12.8. The van der Waals surface area contributed by atoms with Gasteiger partial charge in [-0.15, -0.1) is 0 Å². The highest BCUT2D eigenvalue weighted by Crippen LogP contribution is 2.17. The Morgan fingerprint density at radius 1 is 1.56 bits per heavy atom. The van der Waals surface area contributed by atoms with Crippen molar-refractivity contribution in [3.63, 3.8) is 0 Å². The Hall–Kier alpha value is -1.23. The molecule has 0 radical (unpaired) electrons. The molecular formula is C11H13FO3S. The summed E-state index contributed by atoms with van der Waals surface area (Å²) in [7, 11) is 0. The lowest BCUT2D eigenvalue weighted by molar-refractivity contribution is 0.0692. The molecule has 0 aliphatic carbocycles. The Balaban J connectivity index is 2.56. The number of halogens is 1. The molecule has 0 spiro atoms. The van der Waals surface area contributed by atoms with E-state index in [4.69, 9.17) is 9.84 Å². The Kier molecular flexibility index (Phi) is 5.11. The average molecular weight is 244 g/mol. The van der Waals surface area contributed by atoms with E-state index < -0.39 is 11.8 Å². The Bertz CT molecular complexity index is 368. The van der Waals surface area contributed by atoms with Crippen molar-refractivity contribution in [2.45, 2.75) is 6.42 Å². The van der Waals surface area contributed by atoms with Gasteiger partial charge in [-0.25, -0.2) is 9.18 Å². The number of carboxylic acids is 1. The molecule has 0 saturated carbocycles. The molecule has 0 saturated heterocycles. The first-order valence-corrected chi connectivity index (χ1v) is 6.19. The van der Waals surface area contributed by atoms with Gasteiger partial charge in [-0.05, 0) is 30.6 Å². The fraction of sp³-hybridized carbons (Fsp3) is 0.364. The van der Waals surface area contributed by atoms with Crippen molar-refractivity contribution in [2.24, 2.45) is 0 Å². The smallest absolute Gasteiger partial charge is 0.338 e. The second-order valence-corrected chi connectivity index (χ2v) is 4.13. The van der Waals surface area contributed by atoms with Gasteiger partial charge in [-0.3, -0.25) is 0 Å². The van der Waals surface area contributed by atoms with Crippen LogP contribution in [-0.4, -0.2) is 29.7 Å². The van der Waals surface area contributed by atoms with Gasteiger partial charge in [-0.2, -0.15) is 11.8 Å². The number of aromatic carboxylic acids is 1. The summed E-state index contributed by atoms with van der Waals surface area (Å²) in [6, 6.07) is 3.77. The van der Waals surface area contributed by atoms with Crippen molar-refractivity contribution in [2.75, 3.05) is 18.6 Å². The van der Waals surface area contributed by atoms with Crippen molar-refractivity contribution in [1.29, 1.82) is 0 Å². The van der Waals surface area contributed by atoms with E-state index in [0.29, 0.717) is 12.4 Å². The van der Waals surface area contributed by atoms with Crippen LogP contribution in [0.4, 0.5) is 4.39 Å². The second kappa shape index (κ2) is 6.37. The number of hydrogen-bond donors (Lipinski definition) is 1. The standard InChI is InChI=1S/C11H13FO3S/c1-16-6-2-5-15-8-3-4-9(11(13)14)10(12)7-8/h3-4,7H,2,5-6H2,1H3,(H,13,14). The second-order valence-electron chi connectivity index (χ2n) is 3.14. The van der Waals surface area contributed by atoms with Crippen molar-refractivity contribution in [3.05, 3.63) is 29.6 Å². The lowest BCUT2D eigenvalue weighted by Gasteiger charge is -2.06. The summed E-state index contributed by atoms with van der Waals surface area (Å²) in [5, 5.41) is 8.62. The highest BCUT2D eigenvalue weighted by atomic mass is 32.2. The molecule has 5 heteroatoms. The van der Waals surface area contributed by atoms with Crippen LogP contribution in [0.5, 0.6) is 5.75 Å². The van der Waals surface area contributed by atoms with Gasteiger partial charge in [0.2, 0.25) is 0 Å². The zero-order chi connectivity index (χ0) is 12.0. The van der Waals surface area contributed by atoms with Crippen LogP contribution in [0.3, 0.4) is 0 Å². The third kappa shape index (κ3) is 3.73. The summed E-state index contributed by atoms with van der Waals surface area (Å²) < 4.78 is 18.5. The number of ether oxygens (including phenoxy) is 1. The maximum atomic E-state index is 13.2. The molecule has 0 aliphatic rings. The van der Waals surface area contributed by atoms with Gasteiger partial charge in [0.25, 0.3) is 0 Å². The molecule has 16 heavy (non-hydrogen) atoms. The predicted molar refractivity (Wildman–Crippen MR) is 61.9 cm³/mol. The predicted octanol–water partition coefficient (Wildman–Crippen LogP) is 2.66. The van der Waals surface area contributed by atoms with Crippen LogP contribution in [0.15, 0.2) is 18.2 Å². The van der Waals surface area contributed by atoms with E-state index in [1.165, 1.54) is 12.1 Å². The number of carbonyl (C=O) groups is 1. The van der Waals surface area contributed by atoms with Crippen LogP contribution < -0.4 is 4.74 Å². The third-order valence-corrected chi connectivity index (χ3v) is 2.63. The minimum Gasteiger partial charge on any atom is -0.493 e. The molecule has 3 nitrogen and oxygen atoms in total. The number of carboxylic acid groups (broad SMARTS) is 1. The van der Waals surface area contributed by atoms with Gasteiger partial charge in [0.05, 0.1) is 12.2 Å². The first-order valence-electron chi connectivity index (χ1n) is 4.79. The van der Waals surface area contributed by atoms with E-state index in [9.17, 15) is 9.18 Å². The van der Waals surface area contributed by atoms with Gasteiger partial charge in [-0.1, -0.05) is 0 Å². The minimum atomic E-state index is -1.27. The molecule has 1 N–H and O–H groups in total. The fourth-order valence-electron chi connectivity index (χ4n) is 1.15. The topological polar surface area (TPSA) is 46.5 Å². The molecule has 1 rings (SSSR count). The monoisotopic (exact) mass is 244 g/mol. The van der Waals surface area contributed by atoms with Crippen LogP contribution in [-0.2, 0) is 0 Å². The maximum absolute atomic E-state index is 13.2. The molecular weight excluding hydrogens is 231 g/mol. The molecule has 0 amide bonds. The summed E-state index contributed by atoms with van der Waals surface area (Å²) in [5.41, 5.74) is -0.337. The molecule has 0 aliphatic heterocycles. The minimum absolute atomic E-state index is 0.337.